The molecule has 0 spiro atoms. The summed E-state index contributed by atoms with van der Waals surface area (Å²) in [5.41, 5.74) is 1.55. The topological polar surface area (TPSA) is 78.8 Å². The average molecular weight is 317 g/mol. The van der Waals surface area contributed by atoms with E-state index in [1.807, 2.05) is 54.6 Å². The zero-order valence-corrected chi connectivity index (χ0v) is 13.1. The second kappa shape index (κ2) is 5.20. The normalized spacial score (nSPS) is 25.2. The van der Waals surface area contributed by atoms with Gasteiger partial charge in [0, 0.05) is 5.92 Å². The molecule has 0 amide bonds. The van der Waals surface area contributed by atoms with Crippen LogP contribution in [-0.2, 0) is 14.9 Å². The van der Waals surface area contributed by atoms with Crippen molar-refractivity contribution in [3.63, 3.8) is 0 Å². The molecule has 0 radical (unpaired) electrons. The Balaban J connectivity index is 1.87. The van der Waals surface area contributed by atoms with Crippen LogP contribution in [0.4, 0.5) is 0 Å². The van der Waals surface area contributed by atoms with Gasteiger partial charge in [-0.25, -0.2) is 4.98 Å². The van der Waals surface area contributed by atoms with Gasteiger partial charge >= 0.3 is 5.97 Å². The third-order valence-corrected chi connectivity index (χ3v) is 4.79. The fraction of sp³-hybridized carbons (Fsp3) is 0.211. The van der Waals surface area contributed by atoms with Crippen molar-refractivity contribution in [3.05, 3.63) is 66.0 Å². The molecule has 0 saturated heterocycles. The second-order valence-corrected chi connectivity index (χ2v) is 5.97. The Labute approximate surface area is 138 Å². The summed E-state index contributed by atoms with van der Waals surface area (Å²) in [7, 11) is 1.35. The maximum absolute atomic E-state index is 12.3. The number of nitriles is 1. The second-order valence-electron chi connectivity index (χ2n) is 5.97. The number of esters is 1. The predicted octanol–water partition coefficient (Wildman–Crippen LogP) is 2.91. The SMILES string of the molecule is COC(=O)[C@H]1[C@H](c2ccccc2)[C@@]1(C#N)c1nc2ccccc2[nH]1. The van der Waals surface area contributed by atoms with Crippen molar-refractivity contribution >= 4 is 17.0 Å². The maximum atomic E-state index is 12.3. The Morgan fingerprint density at radius 3 is 2.58 bits per heavy atom. The van der Waals surface area contributed by atoms with Gasteiger partial charge in [-0.3, -0.25) is 4.79 Å². The number of hydrogen-bond acceptors (Lipinski definition) is 4. The number of fused-ring (bicyclic) bond motifs is 1. The van der Waals surface area contributed by atoms with Crippen molar-refractivity contribution in [2.75, 3.05) is 7.11 Å². The lowest BCUT2D eigenvalue weighted by atomic mass is 9.99. The molecule has 1 heterocycles. The zero-order chi connectivity index (χ0) is 16.7. The van der Waals surface area contributed by atoms with Gasteiger partial charge in [0.2, 0.25) is 0 Å². The maximum Gasteiger partial charge on any atom is 0.311 e. The Hall–Kier alpha value is -3.13. The standard InChI is InChI=1S/C19H15N3O2/c1-24-17(23)16-15(12-7-3-2-4-8-12)19(16,11-20)18-21-13-9-5-6-10-14(13)22-18/h2-10,15-16H,1H3,(H,21,22)/t15-,16+,19+/m0/s1. The number of aromatic nitrogens is 2. The van der Waals surface area contributed by atoms with Gasteiger partial charge in [0.15, 0.2) is 0 Å². The van der Waals surface area contributed by atoms with Crippen molar-refractivity contribution < 1.29 is 9.53 Å². The van der Waals surface area contributed by atoms with Gasteiger partial charge < -0.3 is 9.72 Å². The van der Waals surface area contributed by atoms with Crippen molar-refractivity contribution in [1.29, 1.82) is 5.26 Å². The van der Waals surface area contributed by atoms with E-state index in [9.17, 15) is 10.1 Å². The zero-order valence-electron chi connectivity index (χ0n) is 13.1. The molecule has 5 nitrogen and oxygen atoms in total. The lowest BCUT2D eigenvalue weighted by molar-refractivity contribution is -0.142. The van der Waals surface area contributed by atoms with E-state index in [0.717, 1.165) is 16.6 Å². The third kappa shape index (κ3) is 1.86. The molecule has 1 aliphatic carbocycles. The number of para-hydroxylation sites is 2. The third-order valence-electron chi connectivity index (χ3n) is 4.79. The molecule has 1 saturated carbocycles. The van der Waals surface area contributed by atoms with Gasteiger partial charge in [-0.1, -0.05) is 42.5 Å². The van der Waals surface area contributed by atoms with Crippen LogP contribution in [0.2, 0.25) is 0 Å². The number of nitrogens with one attached hydrogen (secondary N) is 1. The van der Waals surface area contributed by atoms with Crippen LogP contribution in [0, 0.1) is 17.2 Å². The number of methoxy groups -OCH3 is 1. The minimum atomic E-state index is -1.02. The molecule has 1 N–H and O–H groups in total. The van der Waals surface area contributed by atoms with Crippen LogP contribution < -0.4 is 0 Å². The molecule has 24 heavy (non-hydrogen) atoms. The summed E-state index contributed by atoms with van der Waals surface area (Å²) in [6.45, 7) is 0. The average Bonchev–Trinajstić information content (AvgIpc) is 3.14. The quantitative estimate of drug-likeness (QED) is 0.753. The van der Waals surface area contributed by atoms with Crippen molar-refractivity contribution in [2.24, 2.45) is 5.92 Å². The van der Waals surface area contributed by atoms with E-state index in [4.69, 9.17) is 4.74 Å². The van der Waals surface area contributed by atoms with Gasteiger partial charge in [-0.15, -0.1) is 0 Å². The van der Waals surface area contributed by atoms with E-state index < -0.39 is 11.3 Å². The predicted molar refractivity (Wildman–Crippen MR) is 88.1 cm³/mol. The van der Waals surface area contributed by atoms with Crippen LogP contribution in [-0.4, -0.2) is 23.0 Å². The van der Waals surface area contributed by atoms with Gasteiger partial charge in [-0.05, 0) is 17.7 Å². The van der Waals surface area contributed by atoms with Crippen molar-refractivity contribution in [3.8, 4) is 6.07 Å². The molecule has 4 rings (SSSR count). The monoisotopic (exact) mass is 317 g/mol. The van der Waals surface area contributed by atoms with Gasteiger partial charge in [-0.2, -0.15) is 5.26 Å². The lowest BCUT2D eigenvalue weighted by Crippen LogP contribution is -2.16. The summed E-state index contributed by atoms with van der Waals surface area (Å²) in [5.74, 6) is -0.687. The van der Waals surface area contributed by atoms with E-state index in [1.165, 1.54) is 7.11 Å². The van der Waals surface area contributed by atoms with Crippen LogP contribution >= 0.6 is 0 Å². The Morgan fingerprint density at radius 2 is 1.92 bits per heavy atom. The number of aromatic amines is 1. The van der Waals surface area contributed by atoms with Crippen LogP contribution in [0.1, 0.15) is 17.3 Å². The lowest BCUT2D eigenvalue weighted by Gasteiger charge is -2.05. The number of hydrogen-bond donors (Lipinski definition) is 1. The van der Waals surface area contributed by atoms with Crippen molar-refractivity contribution in [2.45, 2.75) is 11.3 Å². The van der Waals surface area contributed by atoms with Gasteiger partial charge in [0.1, 0.15) is 11.2 Å². The first-order valence-electron chi connectivity index (χ1n) is 7.71. The molecule has 0 aliphatic heterocycles. The highest BCUT2D eigenvalue weighted by Gasteiger charge is 2.73. The molecule has 5 heteroatoms. The number of ether oxygens (including phenoxy) is 1. The summed E-state index contributed by atoms with van der Waals surface area (Å²) < 4.78 is 4.95. The van der Waals surface area contributed by atoms with Gasteiger partial charge in [0.05, 0.1) is 30.1 Å². The minimum absolute atomic E-state index is 0.267. The summed E-state index contributed by atoms with van der Waals surface area (Å²) in [5, 5.41) is 9.96. The molecule has 1 aromatic heterocycles. The van der Waals surface area contributed by atoms with Crippen molar-refractivity contribution in [1.82, 2.24) is 9.97 Å². The highest BCUT2D eigenvalue weighted by atomic mass is 16.5. The molecule has 1 aliphatic rings. The summed E-state index contributed by atoms with van der Waals surface area (Å²) in [6, 6.07) is 19.5. The van der Waals surface area contributed by atoms with E-state index in [1.54, 1.807) is 0 Å². The van der Waals surface area contributed by atoms with Crippen LogP contribution in [0.3, 0.4) is 0 Å². The number of carbonyl (C=O) groups is 1. The molecule has 1 fully saturated rings. The minimum Gasteiger partial charge on any atom is -0.469 e. The first-order chi connectivity index (χ1) is 11.7. The molecule has 118 valence electrons. The number of nitrogens with zero attached hydrogens (tertiary/aromatic N) is 2. The summed E-state index contributed by atoms with van der Waals surface area (Å²) >= 11 is 0. The van der Waals surface area contributed by atoms with Crippen LogP contribution in [0.25, 0.3) is 11.0 Å². The molecule has 3 atom stereocenters. The highest BCUT2D eigenvalue weighted by Crippen LogP contribution is 2.65. The van der Waals surface area contributed by atoms with E-state index in [2.05, 4.69) is 16.0 Å². The first kappa shape index (κ1) is 14.5. The summed E-state index contributed by atoms with van der Waals surface area (Å²) in [4.78, 5) is 20.1. The van der Waals surface area contributed by atoms with Crippen LogP contribution in [0.15, 0.2) is 54.6 Å². The molecule has 0 unspecified atom stereocenters. The van der Waals surface area contributed by atoms with Crippen LogP contribution in [0.5, 0.6) is 0 Å². The number of H-pyrrole nitrogens is 1. The Kier molecular flexibility index (Phi) is 3.14. The van der Waals surface area contributed by atoms with E-state index in [-0.39, 0.29) is 11.9 Å². The molecule has 3 aromatic rings. The number of imidazole rings is 1. The summed E-state index contributed by atoms with van der Waals surface area (Å²) in [6.07, 6.45) is 0. The smallest absolute Gasteiger partial charge is 0.311 e. The van der Waals surface area contributed by atoms with E-state index >= 15 is 0 Å². The van der Waals surface area contributed by atoms with E-state index in [0.29, 0.717) is 5.82 Å². The molecule has 2 aromatic carbocycles. The Morgan fingerprint density at radius 1 is 1.21 bits per heavy atom. The number of carbonyl (C=O) groups excluding carboxylic acids is 1. The first-order valence-corrected chi connectivity index (χ1v) is 7.71. The fourth-order valence-corrected chi connectivity index (χ4v) is 3.59. The fourth-order valence-electron chi connectivity index (χ4n) is 3.59. The molecule has 0 bridgehead atoms. The molecular formula is C19H15N3O2. The number of benzene rings is 2. The largest absolute Gasteiger partial charge is 0.469 e. The van der Waals surface area contributed by atoms with Gasteiger partial charge in [0.25, 0.3) is 0 Å². The highest BCUT2D eigenvalue weighted by molar-refractivity contribution is 5.85. The molecular weight excluding hydrogens is 302 g/mol. The number of rotatable bonds is 3. The Bertz CT molecular complexity index is 924.